The summed E-state index contributed by atoms with van der Waals surface area (Å²) in [6, 6.07) is 11.7. The molecule has 0 radical (unpaired) electrons. The zero-order chi connectivity index (χ0) is 17.0. The van der Waals surface area contributed by atoms with Gasteiger partial charge in [0.15, 0.2) is 0 Å². The van der Waals surface area contributed by atoms with Crippen LogP contribution in [0.3, 0.4) is 0 Å². The Kier molecular flexibility index (Phi) is 5.23. The molecule has 0 saturated heterocycles. The van der Waals surface area contributed by atoms with E-state index in [9.17, 15) is 14.9 Å². The molecule has 0 atom stereocenters. The number of benzene rings is 2. The number of hydrazone groups is 1. The van der Waals surface area contributed by atoms with Gasteiger partial charge in [-0.3, -0.25) is 14.9 Å². The van der Waals surface area contributed by atoms with Gasteiger partial charge in [-0.15, -0.1) is 0 Å². The van der Waals surface area contributed by atoms with Crippen LogP contribution in [0.4, 0.5) is 5.69 Å². The number of carbonyl (C=O) groups excluding carboxylic acids is 1. The van der Waals surface area contributed by atoms with Crippen LogP contribution in [0.1, 0.15) is 28.4 Å². The number of nitro benzene ring substituents is 1. The fraction of sp³-hybridized carbons (Fsp3) is 0.125. The summed E-state index contributed by atoms with van der Waals surface area (Å²) in [5, 5.41) is 14.8. The quantitative estimate of drug-likeness (QED) is 0.500. The summed E-state index contributed by atoms with van der Waals surface area (Å²) in [7, 11) is 0. The highest BCUT2D eigenvalue weighted by molar-refractivity contribution is 9.10. The summed E-state index contributed by atoms with van der Waals surface area (Å²) in [4.78, 5) is 22.4. The van der Waals surface area contributed by atoms with E-state index in [1.807, 2.05) is 24.3 Å². The van der Waals surface area contributed by atoms with Crippen LogP contribution in [0, 0.1) is 17.0 Å². The van der Waals surface area contributed by atoms with Crippen molar-refractivity contribution in [1.29, 1.82) is 0 Å². The average Bonchev–Trinajstić information content (AvgIpc) is 2.52. The van der Waals surface area contributed by atoms with Crippen LogP contribution in [0.5, 0.6) is 0 Å². The van der Waals surface area contributed by atoms with Gasteiger partial charge in [-0.25, -0.2) is 5.43 Å². The van der Waals surface area contributed by atoms with Gasteiger partial charge in [-0.05, 0) is 43.7 Å². The van der Waals surface area contributed by atoms with Crippen LogP contribution in [0.15, 0.2) is 52.0 Å². The Hall–Kier alpha value is -2.54. The summed E-state index contributed by atoms with van der Waals surface area (Å²) in [5.41, 5.74) is 4.72. The fourth-order valence-electron chi connectivity index (χ4n) is 1.96. The predicted octanol–water partition coefficient (Wildman–Crippen LogP) is 3.82. The smallest absolute Gasteiger partial charge is 0.267 e. The minimum atomic E-state index is -0.479. The molecule has 0 aromatic heterocycles. The molecular weight excluding hydrogens is 362 g/mol. The molecular formula is C16H14BrN3O3. The summed E-state index contributed by atoms with van der Waals surface area (Å²) >= 11 is 3.35. The van der Waals surface area contributed by atoms with Crippen LogP contribution < -0.4 is 5.43 Å². The molecule has 0 aliphatic carbocycles. The third-order valence-electron chi connectivity index (χ3n) is 3.24. The summed E-state index contributed by atoms with van der Waals surface area (Å²) < 4.78 is 0.958. The minimum Gasteiger partial charge on any atom is -0.267 e. The molecule has 0 aliphatic heterocycles. The molecule has 0 spiro atoms. The molecule has 1 N–H and O–H groups in total. The van der Waals surface area contributed by atoms with E-state index in [-0.39, 0.29) is 5.69 Å². The van der Waals surface area contributed by atoms with Gasteiger partial charge >= 0.3 is 0 Å². The summed E-state index contributed by atoms with van der Waals surface area (Å²) in [5.74, 6) is -0.417. The second-order valence-corrected chi connectivity index (χ2v) is 5.82. The number of halogens is 1. The Labute approximate surface area is 141 Å². The number of rotatable bonds is 4. The zero-order valence-corrected chi connectivity index (χ0v) is 14.1. The van der Waals surface area contributed by atoms with E-state index < -0.39 is 10.8 Å². The topological polar surface area (TPSA) is 84.6 Å². The van der Waals surface area contributed by atoms with Crippen LogP contribution >= 0.6 is 15.9 Å². The zero-order valence-electron chi connectivity index (χ0n) is 12.5. The molecule has 1 amide bonds. The SMILES string of the molecule is CC(=NNC(=O)c1ccc([N+](=O)[O-])c(C)c1)c1ccc(Br)cc1. The molecule has 0 aliphatic rings. The second kappa shape index (κ2) is 7.15. The lowest BCUT2D eigenvalue weighted by Gasteiger charge is -2.04. The Morgan fingerprint density at radius 1 is 1.17 bits per heavy atom. The van der Waals surface area contributed by atoms with E-state index in [1.54, 1.807) is 13.8 Å². The number of nitro groups is 1. The highest BCUT2D eigenvalue weighted by Crippen LogP contribution is 2.18. The fourth-order valence-corrected chi connectivity index (χ4v) is 2.22. The highest BCUT2D eigenvalue weighted by atomic mass is 79.9. The van der Waals surface area contributed by atoms with Crippen molar-refractivity contribution in [3.05, 3.63) is 73.7 Å². The molecule has 0 unspecified atom stereocenters. The van der Waals surface area contributed by atoms with Crippen LogP contribution in [0.25, 0.3) is 0 Å². The number of nitrogens with zero attached hydrogens (tertiary/aromatic N) is 2. The molecule has 0 heterocycles. The Morgan fingerprint density at radius 2 is 1.78 bits per heavy atom. The lowest BCUT2D eigenvalue weighted by Crippen LogP contribution is -2.19. The molecule has 2 rings (SSSR count). The first-order valence-electron chi connectivity index (χ1n) is 6.74. The number of hydrogen-bond acceptors (Lipinski definition) is 4. The minimum absolute atomic E-state index is 0.0175. The van der Waals surface area contributed by atoms with Crippen LogP contribution in [-0.2, 0) is 0 Å². The normalized spacial score (nSPS) is 11.2. The molecule has 23 heavy (non-hydrogen) atoms. The van der Waals surface area contributed by atoms with Gasteiger partial charge in [0.05, 0.1) is 10.6 Å². The third kappa shape index (κ3) is 4.23. The van der Waals surface area contributed by atoms with Gasteiger partial charge in [0.2, 0.25) is 0 Å². The number of aryl methyl sites for hydroxylation is 1. The monoisotopic (exact) mass is 375 g/mol. The van der Waals surface area contributed by atoms with E-state index in [4.69, 9.17) is 0 Å². The van der Waals surface area contributed by atoms with Gasteiger partial charge in [0.1, 0.15) is 0 Å². The van der Waals surface area contributed by atoms with Crippen molar-refractivity contribution in [3.63, 3.8) is 0 Å². The summed E-state index contributed by atoms with van der Waals surface area (Å²) in [6.07, 6.45) is 0. The van der Waals surface area contributed by atoms with E-state index in [1.165, 1.54) is 18.2 Å². The van der Waals surface area contributed by atoms with Crippen molar-refractivity contribution in [2.75, 3.05) is 0 Å². The van der Waals surface area contributed by atoms with Crippen LogP contribution in [-0.4, -0.2) is 16.5 Å². The van der Waals surface area contributed by atoms with Gasteiger partial charge in [0.25, 0.3) is 11.6 Å². The van der Waals surface area contributed by atoms with Crippen LogP contribution in [0.2, 0.25) is 0 Å². The maximum atomic E-state index is 12.1. The van der Waals surface area contributed by atoms with Gasteiger partial charge in [-0.1, -0.05) is 28.1 Å². The standard InChI is InChI=1S/C16H14BrN3O3/c1-10-9-13(5-8-15(10)20(22)23)16(21)19-18-11(2)12-3-6-14(17)7-4-12/h3-9H,1-2H3,(H,19,21). The maximum Gasteiger partial charge on any atom is 0.272 e. The first-order valence-corrected chi connectivity index (χ1v) is 7.53. The number of nitrogens with one attached hydrogen (secondary N) is 1. The lowest BCUT2D eigenvalue weighted by atomic mass is 10.1. The first-order chi connectivity index (χ1) is 10.9. The van der Waals surface area contributed by atoms with Crippen molar-refractivity contribution < 1.29 is 9.72 Å². The van der Waals surface area contributed by atoms with E-state index >= 15 is 0 Å². The number of hydrogen-bond donors (Lipinski definition) is 1. The third-order valence-corrected chi connectivity index (χ3v) is 3.77. The summed E-state index contributed by atoms with van der Waals surface area (Å²) in [6.45, 7) is 3.37. The molecule has 2 aromatic carbocycles. The van der Waals surface area contributed by atoms with E-state index in [0.29, 0.717) is 16.8 Å². The number of carbonyl (C=O) groups is 1. The Balaban J connectivity index is 2.12. The maximum absolute atomic E-state index is 12.1. The second-order valence-electron chi connectivity index (χ2n) is 4.90. The van der Waals surface area contributed by atoms with Crippen molar-refractivity contribution >= 4 is 33.2 Å². The molecule has 6 nitrogen and oxygen atoms in total. The Bertz CT molecular complexity index is 786. The molecule has 0 bridgehead atoms. The van der Waals surface area contributed by atoms with Gasteiger partial charge in [-0.2, -0.15) is 5.10 Å². The van der Waals surface area contributed by atoms with Crippen molar-refractivity contribution in [3.8, 4) is 0 Å². The first kappa shape index (κ1) is 16.8. The predicted molar refractivity (Wildman–Crippen MR) is 91.7 cm³/mol. The molecule has 7 heteroatoms. The number of amides is 1. The van der Waals surface area contributed by atoms with Crippen molar-refractivity contribution in [1.82, 2.24) is 5.43 Å². The van der Waals surface area contributed by atoms with Gasteiger partial charge < -0.3 is 0 Å². The average molecular weight is 376 g/mol. The van der Waals surface area contributed by atoms with Gasteiger partial charge in [0, 0.05) is 21.7 Å². The van der Waals surface area contributed by atoms with E-state index in [2.05, 4.69) is 26.5 Å². The van der Waals surface area contributed by atoms with E-state index in [0.717, 1.165) is 10.0 Å². The lowest BCUT2D eigenvalue weighted by molar-refractivity contribution is -0.385. The molecule has 0 saturated carbocycles. The Morgan fingerprint density at radius 3 is 2.35 bits per heavy atom. The van der Waals surface area contributed by atoms with Crippen molar-refractivity contribution in [2.24, 2.45) is 5.10 Å². The molecule has 0 fully saturated rings. The highest BCUT2D eigenvalue weighted by Gasteiger charge is 2.13. The molecule has 2 aromatic rings. The molecule has 118 valence electrons. The largest absolute Gasteiger partial charge is 0.272 e. The van der Waals surface area contributed by atoms with Crippen molar-refractivity contribution in [2.45, 2.75) is 13.8 Å².